The molecule has 0 radical (unpaired) electrons. The van der Waals surface area contributed by atoms with Crippen LogP contribution >= 0.6 is 0 Å². The lowest BCUT2D eigenvalue weighted by molar-refractivity contribution is 0.556. The number of halogens is 1. The Balaban J connectivity index is 2.86. The van der Waals surface area contributed by atoms with Crippen molar-refractivity contribution >= 4 is 10.0 Å². The third kappa shape index (κ3) is 4.04. The Morgan fingerprint density at radius 2 is 2.00 bits per heavy atom. The fraction of sp³-hybridized carbons (Fsp3) is 0.500. The monoisotopic (exact) mass is 274 g/mol. The summed E-state index contributed by atoms with van der Waals surface area (Å²) in [6.07, 6.45) is 0.995. The number of nitrogens with one attached hydrogen (secondary N) is 2. The van der Waals surface area contributed by atoms with Crippen LogP contribution in [0.5, 0.6) is 0 Å². The van der Waals surface area contributed by atoms with Crippen molar-refractivity contribution in [1.82, 2.24) is 10.0 Å². The van der Waals surface area contributed by atoms with E-state index in [4.69, 9.17) is 0 Å². The molecule has 0 aromatic heterocycles. The van der Waals surface area contributed by atoms with Crippen molar-refractivity contribution in [2.45, 2.75) is 31.7 Å². The molecule has 0 heterocycles. The largest absolute Gasteiger partial charge is 0.313 e. The minimum Gasteiger partial charge on any atom is -0.313 e. The predicted octanol–water partition coefficient (Wildman–Crippen LogP) is 1.62. The third-order valence-corrected chi connectivity index (χ3v) is 3.95. The van der Waals surface area contributed by atoms with Crippen molar-refractivity contribution in [2.24, 2.45) is 0 Å². The van der Waals surface area contributed by atoms with Crippen LogP contribution in [-0.4, -0.2) is 21.5 Å². The standard InChI is InChI=1S/C12H19FN2O2S/c1-3-7-14-9-10-5-6-12(11(13)8-10)18(16,17)15-4-2/h5-6,8,14-15H,3-4,7,9H2,1-2H3. The predicted molar refractivity (Wildman–Crippen MR) is 69.3 cm³/mol. The van der Waals surface area contributed by atoms with Crippen molar-refractivity contribution in [3.05, 3.63) is 29.6 Å². The number of rotatable bonds is 7. The van der Waals surface area contributed by atoms with E-state index in [1.807, 2.05) is 6.92 Å². The van der Waals surface area contributed by atoms with E-state index in [9.17, 15) is 12.8 Å². The molecule has 18 heavy (non-hydrogen) atoms. The van der Waals surface area contributed by atoms with Crippen molar-refractivity contribution in [3.63, 3.8) is 0 Å². The highest BCUT2D eigenvalue weighted by atomic mass is 32.2. The topological polar surface area (TPSA) is 58.2 Å². The van der Waals surface area contributed by atoms with Gasteiger partial charge in [0.1, 0.15) is 10.7 Å². The fourth-order valence-corrected chi connectivity index (χ4v) is 2.65. The maximum absolute atomic E-state index is 13.7. The molecule has 102 valence electrons. The van der Waals surface area contributed by atoms with E-state index in [2.05, 4.69) is 10.0 Å². The molecule has 1 aromatic rings. The molecule has 1 aromatic carbocycles. The molecule has 0 saturated carbocycles. The molecule has 6 heteroatoms. The van der Waals surface area contributed by atoms with Gasteiger partial charge in [-0.1, -0.05) is 19.9 Å². The summed E-state index contributed by atoms with van der Waals surface area (Å²) < 4.78 is 39.3. The first-order valence-electron chi connectivity index (χ1n) is 6.00. The molecule has 1 rings (SSSR count). The van der Waals surface area contributed by atoms with Gasteiger partial charge in [0.15, 0.2) is 0 Å². The van der Waals surface area contributed by atoms with Gasteiger partial charge in [0.05, 0.1) is 0 Å². The molecule has 0 atom stereocenters. The van der Waals surface area contributed by atoms with Crippen molar-refractivity contribution < 1.29 is 12.8 Å². The maximum Gasteiger partial charge on any atom is 0.243 e. The second-order valence-electron chi connectivity index (χ2n) is 3.94. The van der Waals surface area contributed by atoms with E-state index in [-0.39, 0.29) is 11.4 Å². The summed E-state index contributed by atoms with van der Waals surface area (Å²) in [7, 11) is -3.73. The first kappa shape index (κ1) is 15.1. The Bertz CT molecular complexity index is 489. The maximum atomic E-state index is 13.7. The Labute approximate surface area is 108 Å². The van der Waals surface area contributed by atoms with Crippen LogP contribution in [0.1, 0.15) is 25.8 Å². The highest BCUT2D eigenvalue weighted by Crippen LogP contribution is 2.15. The lowest BCUT2D eigenvalue weighted by Gasteiger charge is -2.08. The third-order valence-electron chi connectivity index (χ3n) is 2.38. The van der Waals surface area contributed by atoms with E-state index in [1.165, 1.54) is 12.1 Å². The quantitative estimate of drug-likeness (QED) is 0.743. The Morgan fingerprint density at radius 3 is 2.56 bits per heavy atom. The number of benzene rings is 1. The summed E-state index contributed by atoms with van der Waals surface area (Å²) in [6.45, 7) is 5.31. The zero-order valence-corrected chi connectivity index (χ0v) is 11.5. The van der Waals surface area contributed by atoms with Crippen molar-refractivity contribution in [1.29, 1.82) is 0 Å². The molecule has 0 fully saturated rings. The first-order chi connectivity index (χ1) is 8.51. The van der Waals surface area contributed by atoms with Gasteiger partial charge >= 0.3 is 0 Å². The molecule has 0 saturated heterocycles. The van der Waals surface area contributed by atoms with Gasteiger partial charge < -0.3 is 5.32 Å². The Morgan fingerprint density at radius 1 is 1.28 bits per heavy atom. The molecular formula is C12H19FN2O2S. The van der Waals surface area contributed by atoms with E-state index < -0.39 is 15.8 Å². The van der Waals surface area contributed by atoms with E-state index in [1.54, 1.807) is 13.0 Å². The highest BCUT2D eigenvalue weighted by molar-refractivity contribution is 7.89. The van der Waals surface area contributed by atoms with Crippen LogP contribution in [0.3, 0.4) is 0 Å². The summed E-state index contributed by atoms with van der Waals surface area (Å²) in [4.78, 5) is -0.302. The molecule has 0 aliphatic heterocycles. The SMILES string of the molecule is CCCNCc1ccc(S(=O)(=O)NCC)c(F)c1. The normalized spacial score (nSPS) is 11.7. The second kappa shape index (κ2) is 6.82. The van der Waals surface area contributed by atoms with Gasteiger partial charge in [0, 0.05) is 13.1 Å². The van der Waals surface area contributed by atoms with Gasteiger partial charge in [-0.2, -0.15) is 0 Å². The Hall–Kier alpha value is -0.980. The zero-order chi connectivity index (χ0) is 13.6. The molecule has 0 amide bonds. The van der Waals surface area contributed by atoms with Gasteiger partial charge in [-0.15, -0.1) is 0 Å². The Kier molecular flexibility index (Phi) is 5.71. The fourth-order valence-electron chi connectivity index (χ4n) is 1.55. The zero-order valence-electron chi connectivity index (χ0n) is 10.7. The van der Waals surface area contributed by atoms with Crippen molar-refractivity contribution in [2.75, 3.05) is 13.1 Å². The minimum absolute atomic E-state index is 0.238. The molecule has 0 unspecified atom stereocenters. The summed E-state index contributed by atoms with van der Waals surface area (Å²) in [6, 6.07) is 4.18. The van der Waals surface area contributed by atoms with Crippen LogP contribution in [0.25, 0.3) is 0 Å². The second-order valence-corrected chi connectivity index (χ2v) is 5.68. The van der Waals surface area contributed by atoms with E-state index >= 15 is 0 Å². The number of hydrogen-bond donors (Lipinski definition) is 2. The first-order valence-corrected chi connectivity index (χ1v) is 7.48. The summed E-state index contributed by atoms with van der Waals surface area (Å²) in [5.74, 6) is -0.716. The van der Waals surface area contributed by atoms with Gasteiger partial charge in [-0.05, 0) is 30.7 Å². The summed E-state index contributed by atoms with van der Waals surface area (Å²) in [5.41, 5.74) is 0.733. The van der Waals surface area contributed by atoms with Gasteiger partial charge in [0.2, 0.25) is 10.0 Å². The smallest absolute Gasteiger partial charge is 0.243 e. The average molecular weight is 274 g/mol. The van der Waals surface area contributed by atoms with Crippen LogP contribution in [-0.2, 0) is 16.6 Å². The molecule has 4 nitrogen and oxygen atoms in total. The molecule has 2 N–H and O–H groups in total. The lowest BCUT2D eigenvalue weighted by Crippen LogP contribution is -2.24. The van der Waals surface area contributed by atoms with E-state index in [0.717, 1.165) is 18.5 Å². The van der Waals surface area contributed by atoms with Crippen LogP contribution in [0.4, 0.5) is 4.39 Å². The summed E-state index contributed by atoms with van der Waals surface area (Å²) >= 11 is 0. The van der Waals surface area contributed by atoms with Crippen molar-refractivity contribution in [3.8, 4) is 0 Å². The van der Waals surface area contributed by atoms with Crippen LogP contribution < -0.4 is 10.0 Å². The molecular weight excluding hydrogens is 255 g/mol. The molecule has 0 aliphatic carbocycles. The number of sulfonamides is 1. The van der Waals surface area contributed by atoms with E-state index in [0.29, 0.717) is 6.54 Å². The summed E-state index contributed by atoms with van der Waals surface area (Å²) in [5, 5.41) is 3.13. The highest BCUT2D eigenvalue weighted by Gasteiger charge is 2.17. The van der Waals surface area contributed by atoms with Crippen LogP contribution in [0, 0.1) is 5.82 Å². The molecule has 0 spiro atoms. The molecule has 0 aliphatic rings. The van der Waals surface area contributed by atoms with Gasteiger partial charge in [-0.3, -0.25) is 0 Å². The number of hydrogen-bond acceptors (Lipinski definition) is 3. The average Bonchev–Trinajstić information content (AvgIpc) is 2.29. The van der Waals surface area contributed by atoms with Gasteiger partial charge in [0.25, 0.3) is 0 Å². The lowest BCUT2D eigenvalue weighted by atomic mass is 10.2. The molecule has 0 bridgehead atoms. The minimum atomic E-state index is -3.73. The van der Waals surface area contributed by atoms with Crippen LogP contribution in [0.15, 0.2) is 23.1 Å². The van der Waals surface area contributed by atoms with Crippen LogP contribution in [0.2, 0.25) is 0 Å². The van der Waals surface area contributed by atoms with Gasteiger partial charge in [-0.25, -0.2) is 17.5 Å².